The van der Waals surface area contributed by atoms with Gasteiger partial charge < -0.3 is 5.11 Å². The number of hydrogen-bond acceptors (Lipinski definition) is 4. The molecule has 3 nitrogen and oxygen atoms in total. The zero-order valence-electron chi connectivity index (χ0n) is 9.92. The fourth-order valence-corrected chi connectivity index (χ4v) is 3.35. The molecule has 18 heavy (non-hydrogen) atoms. The lowest BCUT2D eigenvalue weighted by Gasteiger charge is -2.00. The predicted molar refractivity (Wildman–Crippen MR) is 74.5 cm³/mol. The number of aromatic carboxylic acids is 1. The number of thioether (sulfide) groups is 1. The minimum Gasteiger partial charge on any atom is -0.478 e. The standard InChI is InChI=1S/C13H13NO2S2/c1-2-10-3-4-11(18-10)8-17-12-7-9(13(15)16)5-6-14-12/h3-7H,2,8H2,1H3,(H,15,16). The van der Waals surface area contributed by atoms with Gasteiger partial charge in [0, 0.05) is 21.7 Å². The first-order valence-corrected chi connectivity index (χ1v) is 7.39. The van der Waals surface area contributed by atoms with Crippen LogP contribution in [0.2, 0.25) is 0 Å². The normalized spacial score (nSPS) is 10.5. The zero-order chi connectivity index (χ0) is 13.0. The number of nitrogens with zero attached hydrogens (tertiary/aromatic N) is 1. The lowest BCUT2D eigenvalue weighted by atomic mass is 10.3. The third-order valence-corrected chi connectivity index (χ3v) is 4.80. The van der Waals surface area contributed by atoms with Crippen molar-refractivity contribution in [3.05, 3.63) is 45.8 Å². The molecule has 0 radical (unpaired) electrons. The van der Waals surface area contributed by atoms with E-state index in [1.54, 1.807) is 29.2 Å². The molecule has 2 aromatic heterocycles. The van der Waals surface area contributed by atoms with Crippen LogP contribution in [0.4, 0.5) is 0 Å². The van der Waals surface area contributed by atoms with Gasteiger partial charge >= 0.3 is 5.97 Å². The molecule has 0 atom stereocenters. The number of aryl methyl sites for hydroxylation is 1. The Kier molecular flexibility index (Phi) is 4.38. The molecule has 0 saturated heterocycles. The van der Waals surface area contributed by atoms with Crippen LogP contribution in [-0.4, -0.2) is 16.1 Å². The van der Waals surface area contributed by atoms with Crippen molar-refractivity contribution in [3.63, 3.8) is 0 Å². The Labute approximate surface area is 114 Å². The van der Waals surface area contributed by atoms with Gasteiger partial charge in [-0.15, -0.1) is 23.1 Å². The van der Waals surface area contributed by atoms with Crippen molar-refractivity contribution < 1.29 is 9.90 Å². The molecule has 2 rings (SSSR count). The Balaban J connectivity index is 2.01. The molecule has 94 valence electrons. The van der Waals surface area contributed by atoms with Crippen LogP contribution in [0.1, 0.15) is 27.0 Å². The average molecular weight is 279 g/mol. The molecular formula is C13H13NO2S2. The van der Waals surface area contributed by atoms with Gasteiger partial charge in [0.1, 0.15) is 0 Å². The van der Waals surface area contributed by atoms with E-state index in [9.17, 15) is 4.79 Å². The van der Waals surface area contributed by atoms with Crippen LogP contribution in [0, 0.1) is 0 Å². The number of pyridine rings is 1. The molecule has 2 aromatic rings. The van der Waals surface area contributed by atoms with Gasteiger partial charge in [0.2, 0.25) is 0 Å². The zero-order valence-corrected chi connectivity index (χ0v) is 11.6. The topological polar surface area (TPSA) is 50.2 Å². The Bertz CT molecular complexity index is 551. The molecule has 0 aliphatic carbocycles. The van der Waals surface area contributed by atoms with Crippen molar-refractivity contribution in [2.75, 3.05) is 0 Å². The van der Waals surface area contributed by atoms with Gasteiger partial charge in [-0.2, -0.15) is 0 Å². The van der Waals surface area contributed by atoms with E-state index in [0.717, 1.165) is 17.2 Å². The Morgan fingerprint density at radius 1 is 1.39 bits per heavy atom. The number of thiophene rings is 1. The summed E-state index contributed by atoms with van der Waals surface area (Å²) in [5, 5.41) is 9.65. The third kappa shape index (κ3) is 3.34. The maximum absolute atomic E-state index is 10.8. The lowest BCUT2D eigenvalue weighted by molar-refractivity contribution is 0.0696. The van der Waals surface area contributed by atoms with Crippen molar-refractivity contribution in [2.24, 2.45) is 0 Å². The molecule has 0 saturated carbocycles. The van der Waals surface area contributed by atoms with E-state index in [-0.39, 0.29) is 5.56 Å². The second-order valence-corrected chi connectivity index (χ2v) is 5.95. The summed E-state index contributed by atoms with van der Waals surface area (Å²) in [4.78, 5) is 17.7. The van der Waals surface area contributed by atoms with E-state index in [2.05, 4.69) is 24.0 Å². The summed E-state index contributed by atoms with van der Waals surface area (Å²) < 4.78 is 0. The number of hydrogen-bond donors (Lipinski definition) is 1. The lowest BCUT2D eigenvalue weighted by Crippen LogP contribution is -1.96. The van der Waals surface area contributed by atoms with Crippen LogP contribution in [0.5, 0.6) is 0 Å². The molecule has 0 amide bonds. The molecule has 0 bridgehead atoms. The first kappa shape index (κ1) is 13.1. The summed E-state index contributed by atoms with van der Waals surface area (Å²) in [7, 11) is 0. The maximum Gasteiger partial charge on any atom is 0.335 e. The quantitative estimate of drug-likeness (QED) is 0.848. The van der Waals surface area contributed by atoms with Gasteiger partial charge in [0.25, 0.3) is 0 Å². The van der Waals surface area contributed by atoms with E-state index in [1.165, 1.54) is 22.0 Å². The molecule has 0 unspecified atom stereocenters. The average Bonchev–Trinajstić information content (AvgIpc) is 2.84. The minimum absolute atomic E-state index is 0.285. The Morgan fingerprint density at radius 3 is 2.83 bits per heavy atom. The summed E-state index contributed by atoms with van der Waals surface area (Å²) >= 11 is 3.36. The van der Waals surface area contributed by atoms with Gasteiger partial charge in [-0.3, -0.25) is 0 Å². The van der Waals surface area contributed by atoms with Crippen LogP contribution < -0.4 is 0 Å². The Hall–Kier alpha value is -1.33. The number of carboxylic acids is 1. The maximum atomic E-state index is 10.8. The number of carbonyl (C=O) groups is 1. The van der Waals surface area contributed by atoms with Gasteiger partial charge in [-0.25, -0.2) is 9.78 Å². The van der Waals surface area contributed by atoms with Gasteiger partial charge in [-0.1, -0.05) is 6.92 Å². The molecular weight excluding hydrogens is 266 g/mol. The molecule has 0 fully saturated rings. The summed E-state index contributed by atoms with van der Waals surface area (Å²) in [6, 6.07) is 7.38. The van der Waals surface area contributed by atoms with Gasteiger partial charge in [0.15, 0.2) is 0 Å². The van der Waals surface area contributed by atoms with Crippen molar-refractivity contribution >= 4 is 29.1 Å². The molecule has 1 N–H and O–H groups in total. The van der Waals surface area contributed by atoms with E-state index in [0.29, 0.717) is 0 Å². The second kappa shape index (κ2) is 6.02. The minimum atomic E-state index is -0.913. The highest BCUT2D eigenvalue weighted by Gasteiger charge is 2.05. The van der Waals surface area contributed by atoms with Crippen LogP contribution >= 0.6 is 23.1 Å². The highest BCUT2D eigenvalue weighted by atomic mass is 32.2. The largest absolute Gasteiger partial charge is 0.478 e. The molecule has 0 aromatic carbocycles. The fraction of sp³-hybridized carbons (Fsp3) is 0.231. The smallest absolute Gasteiger partial charge is 0.335 e. The van der Waals surface area contributed by atoms with Crippen LogP contribution in [0.15, 0.2) is 35.5 Å². The number of aromatic nitrogens is 1. The van der Waals surface area contributed by atoms with Gasteiger partial charge in [-0.05, 0) is 30.7 Å². The molecule has 5 heteroatoms. The van der Waals surface area contributed by atoms with Crippen molar-refractivity contribution in [1.29, 1.82) is 0 Å². The first-order chi connectivity index (χ1) is 8.69. The number of rotatable bonds is 5. The van der Waals surface area contributed by atoms with Crippen molar-refractivity contribution in [2.45, 2.75) is 24.1 Å². The monoisotopic (exact) mass is 279 g/mol. The highest BCUT2D eigenvalue weighted by molar-refractivity contribution is 7.98. The van der Waals surface area contributed by atoms with Crippen LogP contribution in [0.3, 0.4) is 0 Å². The molecule has 0 aliphatic rings. The molecule has 2 heterocycles. The van der Waals surface area contributed by atoms with E-state index >= 15 is 0 Å². The molecule has 0 spiro atoms. The second-order valence-electron chi connectivity index (χ2n) is 3.70. The summed E-state index contributed by atoms with van der Waals surface area (Å²) in [6.45, 7) is 2.14. The molecule has 0 aliphatic heterocycles. The summed E-state index contributed by atoms with van der Waals surface area (Å²) in [5.74, 6) is -0.0792. The van der Waals surface area contributed by atoms with Crippen LogP contribution in [-0.2, 0) is 12.2 Å². The highest BCUT2D eigenvalue weighted by Crippen LogP contribution is 2.26. The van der Waals surface area contributed by atoms with Crippen LogP contribution in [0.25, 0.3) is 0 Å². The van der Waals surface area contributed by atoms with Crippen molar-refractivity contribution in [3.8, 4) is 0 Å². The predicted octanol–water partition coefficient (Wildman–Crippen LogP) is 3.70. The van der Waals surface area contributed by atoms with Gasteiger partial charge in [0.05, 0.1) is 10.6 Å². The van der Waals surface area contributed by atoms with E-state index in [1.807, 2.05) is 0 Å². The fourth-order valence-electron chi connectivity index (χ4n) is 1.46. The van der Waals surface area contributed by atoms with E-state index in [4.69, 9.17) is 5.11 Å². The summed E-state index contributed by atoms with van der Waals surface area (Å²) in [6.07, 6.45) is 2.60. The number of carboxylic acid groups (broad SMARTS) is 1. The SMILES string of the molecule is CCc1ccc(CSc2cc(C(=O)O)ccn2)s1. The van der Waals surface area contributed by atoms with E-state index < -0.39 is 5.97 Å². The van der Waals surface area contributed by atoms with Crippen molar-refractivity contribution in [1.82, 2.24) is 4.98 Å². The first-order valence-electron chi connectivity index (χ1n) is 5.58. The third-order valence-electron chi connectivity index (χ3n) is 2.41. The summed E-state index contributed by atoms with van der Waals surface area (Å²) in [5.41, 5.74) is 0.285. The Morgan fingerprint density at radius 2 is 2.17 bits per heavy atom.